The first kappa shape index (κ1) is 12.2. The van der Waals surface area contributed by atoms with E-state index in [0.29, 0.717) is 12.2 Å². The van der Waals surface area contributed by atoms with E-state index in [4.69, 9.17) is 0 Å². The Kier molecular flexibility index (Phi) is 3.21. The summed E-state index contributed by atoms with van der Waals surface area (Å²) in [7, 11) is 0. The first-order chi connectivity index (χ1) is 9.24. The molecule has 0 radical (unpaired) electrons. The molecule has 1 aromatic heterocycles. The molecule has 0 saturated carbocycles. The minimum Gasteiger partial charge on any atom is -0.375 e. The van der Waals surface area contributed by atoms with Crippen molar-refractivity contribution in [3.63, 3.8) is 0 Å². The Morgan fingerprint density at radius 3 is 2.95 bits per heavy atom. The number of hydrogen-bond donors (Lipinski definition) is 1. The summed E-state index contributed by atoms with van der Waals surface area (Å²) in [6, 6.07) is 9.00. The summed E-state index contributed by atoms with van der Waals surface area (Å²) in [5, 5.41) is 14.1. The van der Waals surface area contributed by atoms with Crippen LogP contribution in [0.15, 0.2) is 30.3 Å². The molecule has 1 N–H and O–H groups in total. The molecule has 0 spiro atoms. The number of nitrogens with zero attached hydrogens (tertiary/aromatic N) is 1. The lowest BCUT2D eigenvalue weighted by molar-refractivity contribution is -0.384. The standard InChI is InChI=1S/C14H14N2O2S/c17-16(18)13-6-2-1-5-12(13)15-9-11-8-10-4-3-7-14(10)19-11/h1-2,5-6,8,15H,3-4,7,9H2. The van der Waals surface area contributed by atoms with Gasteiger partial charge in [-0.25, -0.2) is 0 Å². The summed E-state index contributed by atoms with van der Waals surface area (Å²) < 4.78 is 0. The number of fused-ring (bicyclic) bond motifs is 1. The van der Waals surface area contributed by atoms with Gasteiger partial charge in [0.15, 0.2) is 0 Å². The highest BCUT2D eigenvalue weighted by Crippen LogP contribution is 2.31. The van der Waals surface area contributed by atoms with Crippen LogP contribution in [0, 0.1) is 10.1 Å². The van der Waals surface area contributed by atoms with E-state index < -0.39 is 0 Å². The van der Waals surface area contributed by atoms with Crippen LogP contribution in [0.1, 0.15) is 21.7 Å². The van der Waals surface area contributed by atoms with Gasteiger partial charge in [-0.15, -0.1) is 11.3 Å². The maximum Gasteiger partial charge on any atom is 0.292 e. The lowest BCUT2D eigenvalue weighted by Gasteiger charge is -2.05. The van der Waals surface area contributed by atoms with Gasteiger partial charge in [0, 0.05) is 22.4 Å². The third kappa shape index (κ3) is 2.46. The molecule has 0 atom stereocenters. The van der Waals surface area contributed by atoms with E-state index in [2.05, 4.69) is 11.4 Å². The highest BCUT2D eigenvalue weighted by molar-refractivity contribution is 7.12. The third-order valence-electron chi connectivity index (χ3n) is 3.35. The predicted octanol–water partition coefficient (Wildman–Crippen LogP) is 3.76. The van der Waals surface area contributed by atoms with Gasteiger partial charge in [0.05, 0.1) is 4.92 Å². The molecule has 0 saturated heterocycles. The molecule has 98 valence electrons. The second kappa shape index (κ2) is 5.01. The number of aryl methyl sites for hydroxylation is 2. The first-order valence-corrected chi connectivity index (χ1v) is 7.13. The van der Waals surface area contributed by atoms with Crippen LogP contribution in [0.5, 0.6) is 0 Å². The van der Waals surface area contributed by atoms with Crippen molar-refractivity contribution >= 4 is 22.7 Å². The Balaban J connectivity index is 1.73. The maximum atomic E-state index is 10.9. The zero-order valence-corrected chi connectivity index (χ0v) is 11.2. The van der Waals surface area contributed by atoms with E-state index in [-0.39, 0.29) is 10.6 Å². The zero-order valence-electron chi connectivity index (χ0n) is 10.4. The van der Waals surface area contributed by atoms with Crippen LogP contribution >= 0.6 is 11.3 Å². The average Bonchev–Trinajstić information content (AvgIpc) is 2.97. The number of nitrogens with one attached hydrogen (secondary N) is 1. The number of para-hydroxylation sites is 2. The van der Waals surface area contributed by atoms with Crippen LogP contribution in [0.3, 0.4) is 0 Å². The van der Waals surface area contributed by atoms with Gasteiger partial charge in [0.1, 0.15) is 5.69 Å². The van der Waals surface area contributed by atoms with E-state index in [1.165, 1.54) is 40.6 Å². The molecule has 0 amide bonds. The minimum absolute atomic E-state index is 0.131. The van der Waals surface area contributed by atoms with Crippen molar-refractivity contribution in [1.82, 2.24) is 0 Å². The lowest BCUT2D eigenvalue weighted by Crippen LogP contribution is -2.01. The zero-order chi connectivity index (χ0) is 13.2. The summed E-state index contributed by atoms with van der Waals surface area (Å²) in [6.45, 7) is 0.655. The summed E-state index contributed by atoms with van der Waals surface area (Å²) in [5.41, 5.74) is 2.18. The van der Waals surface area contributed by atoms with Crippen molar-refractivity contribution in [3.8, 4) is 0 Å². The summed E-state index contributed by atoms with van der Waals surface area (Å²) in [4.78, 5) is 13.3. The van der Waals surface area contributed by atoms with Crippen LogP contribution in [-0.2, 0) is 19.4 Å². The van der Waals surface area contributed by atoms with Crippen molar-refractivity contribution in [1.29, 1.82) is 0 Å². The molecule has 0 fully saturated rings. The van der Waals surface area contributed by atoms with Crippen molar-refractivity contribution in [2.45, 2.75) is 25.8 Å². The fourth-order valence-corrected chi connectivity index (χ4v) is 3.64. The molecule has 3 rings (SSSR count). The summed E-state index contributed by atoms with van der Waals surface area (Å²) in [6.07, 6.45) is 3.63. The molecule has 4 nitrogen and oxygen atoms in total. The van der Waals surface area contributed by atoms with E-state index >= 15 is 0 Å². The van der Waals surface area contributed by atoms with Crippen molar-refractivity contribution in [3.05, 3.63) is 55.8 Å². The first-order valence-electron chi connectivity index (χ1n) is 6.32. The summed E-state index contributed by atoms with van der Waals surface area (Å²) >= 11 is 1.82. The number of thiophene rings is 1. The SMILES string of the molecule is O=[N+]([O-])c1ccccc1NCc1cc2c(s1)CCC2. The molecule has 19 heavy (non-hydrogen) atoms. The molecule has 1 aromatic carbocycles. The van der Waals surface area contributed by atoms with Gasteiger partial charge in [-0.3, -0.25) is 10.1 Å². The Bertz CT molecular complexity index is 600. The van der Waals surface area contributed by atoms with Gasteiger partial charge < -0.3 is 5.32 Å². The molecule has 0 aliphatic heterocycles. The van der Waals surface area contributed by atoms with E-state index in [1.54, 1.807) is 12.1 Å². The Hall–Kier alpha value is -1.88. The molecular formula is C14H14N2O2S. The number of hydrogen-bond acceptors (Lipinski definition) is 4. The van der Waals surface area contributed by atoms with Gasteiger partial charge in [0.25, 0.3) is 5.69 Å². The van der Waals surface area contributed by atoms with E-state index in [9.17, 15) is 10.1 Å². The Morgan fingerprint density at radius 1 is 1.32 bits per heavy atom. The highest BCUT2D eigenvalue weighted by Gasteiger charge is 2.16. The fourth-order valence-electron chi connectivity index (χ4n) is 2.44. The predicted molar refractivity (Wildman–Crippen MR) is 76.8 cm³/mol. The second-order valence-electron chi connectivity index (χ2n) is 4.64. The quantitative estimate of drug-likeness (QED) is 0.682. The normalized spacial score (nSPS) is 13.3. The van der Waals surface area contributed by atoms with Crippen molar-refractivity contribution in [2.75, 3.05) is 5.32 Å². The highest BCUT2D eigenvalue weighted by atomic mass is 32.1. The van der Waals surface area contributed by atoms with Gasteiger partial charge in [-0.05, 0) is 37.0 Å². The van der Waals surface area contributed by atoms with Crippen LogP contribution in [0.4, 0.5) is 11.4 Å². The van der Waals surface area contributed by atoms with Gasteiger partial charge in [-0.2, -0.15) is 0 Å². The molecule has 5 heteroatoms. The van der Waals surface area contributed by atoms with Crippen molar-refractivity contribution < 1.29 is 4.92 Å². The number of anilines is 1. The van der Waals surface area contributed by atoms with Crippen LogP contribution in [0.2, 0.25) is 0 Å². The number of nitro benzene ring substituents is 1. The van der Waals surface area contributed by atoms with Crippen LogP contribution in [-0.4, -0.2) is 4.92 Å². The molecule has 1 heterocycles. The van der Waals surface area contributed by atoms with Gasteiger partial charge in [-0.1, -0.05) is 12.1 Å². The topological polar surface area (TPSA) is 55.2 Å². The molecular weight excluding hydrogens is 260 g/mol. The van der Waals surface area contributed by atoms with E-state index in [0.717, 1.165) is 0 Å². The maximum absolute atomic E-state index is 10.9. The smallest absolute Gasteiger partial charge is 0.292 e. The van der Waals surface area contributed by atoms with Gasteiger partial charge >= 0.3 is 0 Å². The van der Waals surface area contributed by atoms with Crippen molar-refractivity contribution in [2.24, 2.45) is 0 Å². The molecule has 0 unspecified atom stereocenters. The van der Waals surface area contributed by atoms with Crippen LogP contribution in [0.25, 0.3) is 0 Å². The minimum atomic E-state index is -0.350. The van der Waals surface area contributed by atoms with Gasteiger partial charge in [0.2, 0.25) is 0 Å². The number of rotatable bonds is 4. The largest absolute Gasteiger partial charge is 0.375 e. The monoisotopic (exact) mass is 274 g/mol. The third-order valence-corrected chi connectivity index (χ3v) is 4.59. The van der Waals surface area contributed by atoms with Crippen LogP contribution < -0.4 is 5.32 Å². The number of benzene rings is 1. The molecule has 0 bridgehead atoms. The number of nitro groups is 1. The molecule has 2 aromatic rings. The summed E-state index contributed by atoms with van der Waals surface area (Å²) in [5.74, 6) is 0. The molecule has 1 aliphatic carbocycles. The Morgan fingerprint density at radius 2 is 2.16 bits per heavy atom. The fraction of sp³-hybridized carbons (Fsp3) is 0.286. The Labute approximate surface area is 115 Å². The lowest BCUT2D eigenvalue weighted by atomic mass is 10.2. The average molecular weight is 274 g/mol. The molecule has 1 aliphatic rings. The van der Waals surface area contributed by atoms with E-state index in [1.807, 2.05) is 17.4 Å². The second-order valence-corrected chi connectivity index (χ2v) is 5.86.